The van der Waals surface area contributed by atoms with Crippen LogP contribution >= 0.6 is 0 Å². The summed E-state index contributed by atoms with van der Waals surface area (Å²) in [6.07, 6.45) is 5.15. The summed E-state index contributed by atoms with van der Waals surface area (Å²) >= 11 is 0. The van der Waals surface area contributed by atoms with E-state index in [4.69, 9.17) is 0 Å². The highest BCUT2D eigenvalue weighted by atomic mass is 19.1. The fourth-order valence-electron chi connectivity index (χ4n) is 4.04. The molecule has 2 bridgehead atoms. The fourth-order valence-corrected chi connectivity index (χ4v) is 4.04. The molecule has 0 aliphatic heterocycles. The molecule has 0 spiro atoms. The Hall–Kier alpha value is -1.65. The van der Waals surface area contributed by atoms with Crippen molar-refractivity contribution >= 4 is 11.4 Å². The average molecular weight is 278 g/mol. The first-order valence-electron chi connectivity index (χ1n) is 7.25. The van der Waals surface area contributed by atoms with Crippen molar-refractivity contribution in [3.05, 3.63) is 34.1 Å². The van der Waals surface area contributed by atoms with Crippen molar-refractivity contribution in [2.45, 2.75) is 38.6 Å². The Bertz CT molecular complexity index is 535. The molecular weight excluding hydrogens is 259 g/mol. The Labute approximate surface area is 117 Å². The van der Waals surface area contributed by atoms with E-state index in [-0.39, 0.29) is 11.7 Å². The van der Waals surface area contributed by atoms with E-state index in [0.29, 0.717) is 11.6 Å². The van der Waals surface area contributed by atoms with Crippen LogP contribution in [0.15, 0.2) is 18.2 Å². The van der Waals surface area contributed by atoms with Crippen molar-refractivity contribution in [1.29, 1.82) is 0 Å². The molecular formula is C15H19FN2O2. The van der Waals surface area contributed by atoms with E-state index in [0.717, 1.165) is 17.9 Å². The highest BCUT2D eigenvalue weighted by Crippen LogP contribution is 2.50. The zero-order chi connectivity index (χ0) is 14.3. The second kappa shape index (κ2) is 5.04. The lowest BCUT2D eigenvalue weighted by Crippen LogP contribution is -2.30. The molecule has 0 amide bonds. The Morgan fingerprint density at radius 2 is 2.20 bits per heavy atom. The molecule has 108 valence electrons. The largest absolute Gasteiger partial charge is 0.377 e. The summed E-state index contributed by atoms with van der Waals surface area (Å²) in [4.78, 5) is 10.5. The number of hydrogen-bond acceptors (Lipinski definition) is 3. The van der Waals surface area contributed by atoms with Crippen LogP contribution in [0.25, 0.3) is 0 Å². The van der Waals surface area contributed by atoms with Gasteiger partial charge in [0, 0.05) is 6.04 Å². The molecule has 2 saturated carbocycles. The van der Waals surface area contributed by atoms with Crippen LogP contribution in [0.5, 0.6) is 0 Å². The van der Waals surface area contributed by atoms with Crippen LogP contribution in [0.2, 0.25) is 0 Å². The molecule has 4 atom stereocenters. The first-order chi connectivity index (χ1) is 9.54. The van der Waals surface area contributed by atoms with Crippen LogP contribution in [0.4, 0.5) is 15.8 Å². The van der Waals surface area contributed by atoms with Gasteiger partial charge in [-0.05, 0) is 56.1 Å². The van der Waals surface area contributed by atoms with E-state index in [2.05, 4.69) is 12.2 Å². The van der Waals surface area contributed by atoms with Gasteiger partial charge in [0.25, 0.3) is 5.69 Å². The minimum absolute atomic E-state index is 0.181. The predicted molar refractivity (Wildman–Crippen MR) is 75.1 cm³/mol. The molecule has 5 heteroatoms. The Morgan fingerprint density at radius 1 is 1.40 bits per heavy atom. The van der Waals surface area contributed by atoms with Gasteiger partial charge in [0.15, 0.2) is 0 Å². The number of nitro groups is 1. The molecule has 3 rings (SSSR count). The maximum absolute atomic E-state index is 13.1. The van der Waals surface area contributed by atoms with Crippen LogP contribution in [-0.2, 0) is 0 Å². The number of halogens is 1. The summed E-state index contributed by atoms with van der Waals surface area (Å²) in [5.74, 6) is 1.60. The summed E-state index contributed by atoms with van der Waals surface area (Å²) in [5, 5.41) is 14.2. The van der Waals surface area contributed by atoms with Gasteiger partial charge < -0.3 is 5.32 Å². The Balaban J connectivity index is 1.76. The maximum Gasteiger partial charge on any atom is 0.295 e. The van der Waals surface area contributed by atoms with Gasteiger partial charge in [0.1, 0.15) is 11.5 Å². The summed E-state index contributed by atoms with van der Waals surface area (Å²) in [7, 11) is 0. The van der Waals surface area contributed by atoms with Crippen molar-refractivity contribution in [2.24, 2.45) is 17.8 Å². The second-order valence-corrected chi connectivity index (χ2v) is 6.19. The van der Waals surface area contributed by atoms with Crippen LogP contribution in [-0.4, -0.2) is 11.0 Å². The first-order valence-corrected chi connectivity index (χ1v) is 7.25. The molecule has 2 aliphatic carbocycles. The zero-order valence-corrected chi connectivity index (χ0v) is 11.5. The van der Waals surface area contributed by atoms with E-state index in [1.54, 1.807) is 0 Å². The van der Waals surface area contributed by atoms with Crippen molar-refractivity contribution < 1.29 is 9.31 Å². The molecule has 20 heavy (non-hydrogen) atoms. The van der Waals surface area contributed by atoms with Crippen LogP contribution in [0.3, 0.4) is 0 Å². The number of anilines is 1. The van der Waals surface area contributed by atoms with Gasteiger partial charge in [-0.3, -0.25) is 10.1 Å². The summed E-state index contributed by atoms with van der Waals surface area (Å²) in [6, 6.07) is 3.91. The lowest BCUT2D eigenvalue weighted by molar-refractivity contribution is -0.384. The highest BCUT2D eigenvalue weighted by Gasteiger charge is 2.42. The smallest absolute Gasteiger partial charge is 0.295 e. The van der Waals surface area contributed by atoms with Crippen LogP contribution < -0.4 is 5.32 Å². The zero-order valence-electron chi connectivity index (χ0n) is 11.5. The number of benzene rings is 1. The van der Waals surface area contributed by atoms with Gasteiger partial charge in [0.05, 0.1) is 11.0 Å². The third-order valence-electron chi connectivity index (χ3n) is 4.97. The fraction of sp³-hybridized carbons (Fsp3) is 0.600. The number of fused-ring (bicyclic) bond motifs is 2. The number of nitro benzene ring substituents is 1. The van der Waals surface area contributed by atoms with Crippen LogP contribution in [0.1, 0.15) is 32.6 Å². The standard InChI is InChI=1S/C15H19FN2O2/c1-9(13-7-10-2-3-11(13)6-10)17-14-5-4-12(16)8-15(14)18(19)20/h4-5,8-11,13,17H,2-3,6-7H2,1H3. The van der Waals surface area contributed by atoms with Gasteiger partial charge in [-0.1, -0.05) is 6.42 Å². The quantitative estimate of drug-likeness (QED) is 0.669. The number of nitrogens with one attached hydrogen (secondary N) is 1. The first kappa shape index (κ1) is 13.3. The van der Waals surface area contributed by atoms with E-state index < -0.39 is 10.7 Å². The summed E-state index contributed by atoms with van der Waals surface area (Å²) in [6.45, 7) is 2.08. The molecule has 1 aromatic carbocycles. The molecule has 0 radical (unpaired) electrons. The molecule has 2 aliphatic rings. The van der Waals surface area contributed by atoms with Gasteiger partial charge in [-0.2, -0.15) is 0 Å². The molecule has 1 aromatic rings. The van der Waals surface area contributed by atoms with Gasteiger partial charge in [-0.25, -0.2) is 4.39 Å². The molecule has 0 aromatic heterocycles. The second-order valence-electron chi connectivity index (χ2n) is 6.19. The molecule has 0 heterocycles. The summed E-state index contributed by atoms with van der Waals surface area (Å²) in [5.41, 5.74) is 0.242. The minimum Gasteiger partial charge on any atom is -0.377 e. The van der Waals surface area contributed by atoms with Crippen LogP contribution in [0, 0.1) is 33.7 Å². The van der Waals surface area contributed by atoms with Crippen molar-refractivity contribution in [3.8, 4) is 0 Å². The lowest BCUT2D eigenvalue weighted by atomic mass is 9.84. The monoisotopic (exact) mass is 278 g/mol. The number of rotatable bonds is 4. The van der Waals surface area contributed by atoms with Crippen molar-refractivity contribution in [1.82, 2.24) is 0 Å². The van der Waals surface area contributed by atoms with Crippen molar-refractivity contribution in [3.63, 3.8) is 0 Å². The summed E-state index contributed by atoms with van der Waals surface area (Å²) < 4.78 is 13.1. The molecule has 1 N–H and O–H groups in total. The normalized spacial score (nSPS) is 29.4. The minimum atomic E-state index is -0.574. The van der Waals surface area contributed by atoms with E-state index in [1.165, 1.54) is 37.8 Å². The lowest BCUT2D eigenvalue weighted by Gasteiger charge is -2.29. The third kappa shape index (κ3) is 2.37. The maximum atomic E-state index is 13.1. The third-order valence-corrected chi connectivity index (χ3v) is 4.97. The van der Waals surface area contributed by atoms with Gasteiger partial charge in [0.2, 0.25) is 0 Å². The number of hydrogen-bond donors (Lipinski definition) is 1. The molecule has 0 saturated heterocycles. The van der Waals surface area contributed by atoms with E-state index >= 15 is 0 Å². The van der Waals surface area contributed by atoms with Gasteiger partial charge >= 0.3 is 0 Å². The topological polar surface area (TPSA) is 55.2 Å². The molecule has 2 fully saturated rings. The van der Waals surface area contributed by atoms with Gasteiger partial charge in [-0.15, -0.1) is 0 Å². The SMILES string of the molecule is CC(Nc1ccc(F)cc1[N+](=O)[O-])C1CC2CCC1C2. The number of nitrogens with zero attached hydrogens (tertiary/aromatic N) is 1. The molecule has 4 unspecified atom stereocenters. The van der Waals surface area contributed by atoms with E-state index in [1.807, 2.05) is 0 Å². The van der Waals surface area contributed by atoms with E-state index in [9.17, 15) is 14.5 Å². The highest BCUT2D eigenvalue weighted by molar-refractivity contribution is 5.61. The Morgan fingerprint density at radius 3 is 2.80 bits per heavy atom. The average Bonchev–Trinajstić information content (AvgIpc) is 3.03. The predicted octanol–water partition coefficient (Wildman–Crippen LogP) is 3.97. The molecule has 4 nitrogen and oxygen atoms in total. The van der Waals surface area contributed by atoms with Crippen molar-refractivity contribution in [2.75, 3.05) is 5.32 Å². The Kier molecular flexibility index (Phi) is 3.36.